The zero-order valence-corrected chi connectivity index (χ0v) is 9.97. The zero-order valence-electron chi connectivity index (χ0n) is 9.21. The van der Waals surface area contributed by atoms with Gasteiger partial charge in [-0.2, -0.15) is 13.2 Å². The fraction of sp³-hybridized carbons (Fsp3) is 0.500. The van der Waals surface area contributed by atoms with Gasteiger partial charge in [0.1, 0.15) is 10.8 Å². The SMILES string of the molecule is CC(C)Oc1cnc(OCC(F)(F)F)c(Cl)c1. The van der Waals surface area contributed by atoms with Crippen molar-refractivity contribution in [3.05, 3.63) is 17.3 Å². The summed E-state index contributed by atoms with van der Waals surface area (Å²) in [6.07, 6.45) is -3.23. The van der Waals surface area contributed by atoms with Crippen LogP contribution in [0.5, 0.6) is 11.6 Å². The number of ether oxygens (including phenoxy) is 2. The maximum absolute atomic E-state index is 11.9. The monoisotopic (exact) mass is 269 g/mol. The third kappa shape index (κ3) is 5.12. The van der Waals surface area contributed by atoms with Gasteiger partial charge in [0.25, 0.3) is 0 Å². The Hall–Kier alpha value is -1.17. The molecule has 0 fully saturated rings. The first-order chi connectivity index (χ1) is 7.78. The first-order valence-electron chi connectivity index (χ1n) is 4.79. The number of pyridine rings is 1. The van der Waals surface area contributed by atoms with Crippen molar-refractivity contribution in [2.24, 2.45) is 0 Å². The fourth-order valence-corrected chi connectivity index (χ4v) is 1.21. The number of aromatic nitrogens is 1. The van der Waals surface area contributed by atoms with E-state index in [2.05, 4.69) is 9.72 Å². The topological polar surface area (TPSA) is 31.4 Å². The van der Waals surface area contributed by atoms with Gasteiger partial charge in [0.05, 0.1) is 12.3 Å². The van der Waals surface area contributed by atoms with Crippen LogP contribution in [0, 0.1) is 0 Å². The van der Waals surface area contributed by atoms with Crippen molar-refractivity contribution in [3.63, 3.8) is 0 Å². The van der Waals surface area contributed by atoms with Gasteiger partial charge in [-0.3, -0.25) is 0 Å². The maximum Gasteiger partial charge on any atom is 0.422 e. The smallest absolute Gasteiger partial charge is 0.422 e. The maximum atomic E-state index is 11.9. The molecule has 0 saturated carbocycles. The van der Waals surface area contributed by atoms with E-state index in [0.29, 0.717) is 5.75 Å². The zero-order chi connectivity index (χ0) is 13.1. The third-order valence-electron chi connectivity index (χ3n) is 1.53. The van der Waals surface area contributed by atoms with Crippen molar-refractivity contribution in [1.29, 1.82) is 0 Å². The summed E-state index contributed by atoms with van der Waals surface area (Å²) in [6.45, 7) is 2.19. The number of alkyl halides is 3. The number of halogens is 4. The lowest BCUT2D eigenvalue weighted by Gasteiger charge is -2.12. The number of rotatable bonds is 4. The molecular weight excluding hydrogens is 259 g/mol. The van der Waals surface area contributed by atoms with Crippen molar-refractivity contribution in [3.8, 4) is 11.6 Å². The van der Waals surface area contributed by atoms with Gasteiger partial charge >= 0.3 is 6.18 Å². The molecule has 0 amide bonds. The van der Waals surface area contributed by atoms with Gasteiger partial charge in [0, 0.05) is 6.07 Å². The van der Waals surface area contributed by atoms with E-state index in [1.165, 1.54) is 12.3 Å². The number of nitrogens with zero attached hydrogens (tertiary/aromatic N) is 1. The molecule has 0 atom stereocenters. The van der Waals surface area contributed by atoms with Gasteiger partial charge in [-0.05, 0) is 13.8 Å². The Morgan fingerprint density at radius 1 is 1.41 bits per heavy atom. The lowest BCUT2D eigenvalue weighted by molar-refractivity contribution is -0.154. The summed E-state index contributed by atoms with van der Waals surface area (Å²) >= 11 is 5.71. The summed E-state index contributed by atoms with van der Waals surface area (Å²) in [6, 6.07) is 1.36. The van der Waals surface area contributed by atoms with E-state index in [9.17, 15) is 13.2 Å². The summed E-state index contributed by atoms with van der Waals surface area (Å²) in [5.41, 5.74) is 0. The van der Waals surface area contributed by atoms with E-state index in [1.54, 1.807) is 0 Å². The van der Waals surface area contributed by atoms with E-state index >= 15 is 0 Å². The van der Waals surface area contributed by atoms with Gasteiger partial charge in [0.2, 0.25) is 5.88 Å². The Labute approximate surface area is 102 Å². The summed E-state index contributed by atoms with van der Waals surface area (Å²) in [5, 5.41) is -0.0209. The molecule has 0 aliphatic carbocycles. The molecule has 1 aromatic rings. The van der Waals surface area contributed by atoms with Gasteiger partial charge in [-0.15, -0.1) is 0 Å². The van der Waals surface area contributed by atoms with Crippen LogP contribution in [0.25, 0.3) is 0 Å². The molecule has 0 N–H and O–H groups in total. The molecule has 7 heteroatoms. The molecule has 0 aliphatic heterocycles. The van der Waals surface area contributed by atoms with Crippen molar-refractivity contribution < 1.29 is 22.6 Å². The molecule has 17 heavy (non-hydrogen) atoms. The largest absolute Gasteiger partial charge is 0.489 e. The molecule has 1 rings (SSSR count). The quantitative estimate of drug-likeness (QED) is 0.839. The molecular formula is C10H11ClF3NO2. The minimum atomic E-state index is -4.42. The van der Waals surface area contributed by atoms with Crippen LogP contribution in [-0.4, -0.2) is 23.9 Å². The second-order valence-corrected chi connectivity index (χ2v) is 3.94. The molecule has 96 valence electrons. The molecule has 0 saturated heterocycles. The second-order valence-electron chi connectivity index (χ2n) is 3.53. The number of hydrogen-bond acceptors (Lipinski definition) is 3. The molecule has 0 radical (unpaired) electrons. The predicted octanol–water partition coefficient (Wildman–Crippen LogP) is 3.46. The van der Waals surface area contributed by atoms with Crippen molar-refractivity contribution in [2.75, 3.05) is 6.61 Å². The van der Waals surface area contributed by atoms with Gasteiger partial charge in [-0.25, -0.2) is 4.98 Å². The van der Waals surface area contributed by atoms with E-state index < -0.39 is 12.8 Å². The summed E-state index contributed by atoms with van der Waals surface area (Å²) < 4.78 is 45.4. The summed E-state index contributed by atoms with van der Waals surface area (Å²) in [4.78, 5) is 3.66. The molecule has 0 aromatic carbocycles. The van der Waals surface area contributed by atoms with Gasteiger partial charge < -0.3 is 9.47 Å². The molecule has 0 unspecified atom stereocenters. The first-order valence-corrected chi connectivity index (χ1v) is 5.17. The van der Waals surface area contributed by atoms with Crippen LogP contribution >= 0.6 is 11.6 Å². The first kappa shape index (κ1) is 13.9. The van der Waals surface area contributed by atoms with E-state index in [4.69, 9.17) is 16.3 Å². The standard InChI is InChI=1S/C10H11ClF3NO2/c1-6(2)17-7-3-8(11)9(15-4-7)16-5-10(12,13)14/h3-4,6H,5H2,1-2H3. The normalized spacial score (nSPS) is 11.7. The van der Waals surface area contributed by atoms with Crippen LogP contribution in [0.1, 0.15) is 13.8 Å². The summed E-state index contributed by atoms with van der Waals surface area (Å²) in [7, 11) is 0. The average Bonchev–Trinajstić information content (AvgIpc) is 2.13. The highest BCUT2D eigenvalue weighted by atomic mass is 35.5. The van der Waals surface area contributed by atoms with Crippen LogP contribution in [0.3, 0.4) is 0 Å². The molecule has 3 nitrogen and oxygen atoms in total. The Kier molecular flexibility index (Phi) is 4.45. The minimum Gasteiger partial charge on any atom is -0.489 e. The molecule has 0 bridgehead atoms. The van der Waals surface area contributed by atoms with Crippen molar-refractivity contribution in [2.45, 2.75) is 26.1 Å². The predicted molar refractivity (Wildman–Crippen MR) is 56.6 cm³/mol. The molecule has 0 spiro atoms. The average molecular weight is 270 g/mol. The molecule has 1 heterocycles. The Morgan fingerprint density at radius 2 is 2.06 bits per heavy atom. The third-order valence-corrected chi connectivity index (χ3v) is 1.80. The van der Waals surface area contributed by atoms with Crippen molar-refractivity contribution >= 4 is 11.6 Å². The number of hydrogen-bond donors (Lipinski definition) is 0. The highest BCUT2D eigenvalue weighted by Gasteiger charge is 2.29. The lowest BCUT2D eigenvalue weighted by atomic mass is 10.4. The van der Waals surface area contributed by atoms with Crippen LogP contribution in [0.2, 0.25) is 5.02 Å². The molecule has 0 aliphatic rings. The van der Waals surface area contributed by atoms with Crippen LogP contribution in [0.4, 0.5) is 13.2 Å². The van der Waals surface area contributed by atoms with E-state index in [1.807, 2.05) is 13.8 Å². The highest BCUT2D eigenvalue weighted by Crippen LogP contribution is 2.27. The van der Waals surface area contributed by atoms with Crippen LogP contribution < -0.4 is 9.47 Å². The minimum absolute atomic E-state index is 0.0209. The van der Waals surface area contributed by atoms with Gasteiger partial charge in [-0.1, -0.05) is 11.6 Å². The second kappa shape index (κ2) is 5.44. The van der Waals surface area contributed by atoms with Crippen LogP contribution in [-0.2, 0) is 0 Å². The van der Waals surface area contributed by atoms with Gasteiger partial charge in [0.15, 0.2) is 6.61 Å². The van der Waals surface area contributed by atoms with E-state index in [0.717, 1.165) is 0 Å². The Bertz CT molecular complexity index is 382. The Morgan fingerprint density at radius 3 is 2.53 bits per heavy atom. The van der Waals surface area contributed by atoms with Crippen LogP contribution in [0.15, 0.2) is 12.3 Å². The van der Waals surface area contributed by atoms with E-state index in [-0.39, 0.29) is 17.0 Å². The summed E-state index contributed by atoms with van der Waals surface area (Å²) in [5.74, 6) is 0.115. The van der Waals surface area contributed by atoms with Crippen molar-refractivity contribution in [1.82, 2.24) is 4.98 Å². The highest BCUT2D eigenvalue weighted by molar-refractivity contribution is 6.31. The molecule has 1 aromatic heterocycles. The fourth-order valence-electron chi connectivity index (χ4n) is 1.00. The lowest BCUT2D eigenvalue weighted by Crippen LogP contribution is -2.19. The Balaban J connectivity index is 2.69.